The largest absolute Gasteiger partial charge is 0.463 e. The molecule has 0 saturated heterocycles. The fourth-order valence-electron chi connectivity index (χ4n) is 2.18. The molecule has 5 nitrogen and oxygen atoms in total. The number of hydrogen-bond donors (Lipinski definition) is 2. The van der Waals surface area contributed by atoms with Crippen molar-refractivity contribution in [3.63, 3.8) is 0 Å². The van der Waals surface area contributed by atoms with Crippen molar-refractivity contribution in [1.29, 1.82) is 0 Å². The Kier molecular flexibility index (Phi) is 5.49. The summed E-state index contributed by atoms with van der Waals surface area (Å²) in [4.78, 5) is 24.6. The van der Waals surface area contributed by atoms with Crippen molar-refractivity contribution >= 4 is 23.8 Å². The van der Waals surface area contributed by atoms with E-state index in [-0.39, 0.29) is 18.5 Å². The number of esters is 1. The summed E-state index contributed by atoms with van der Waals surface area (Å²) in [5, 5.41) is 5.32. The van der Waals surface area contributed by atoms with Crippen molar-refractivity contribution in [2.24, 2.45) is 0 Å². The third-order valence-corrected chi connectivity index (χ3v) is 4.48. The molecular formula is C16H20N2O3S. The van der Waals surface area contributed by atoms with Gasteiger partial charge < -0.3 is 15.4 Å². The lowest BCUT2D eigenvalue weighted by Crippen LogP contribution is -2.44. The van der Waals surface area contributed by atoms with Crippen LogP contribution in [0.4, 0.5) is 4.79 Å². The minimum atomic E-state index is -0.383. The number of rotatable bonds is 5. The second-order valence-electron chi connectivity index (χ2n) is 5.04. The van der Waals surface area contributed by atoms with Crippen molar-refractivity contribution < 1.29 is 14.3 Å². The first-order chi connectivity index (χ1) is 10.5. The molecule has 0 radical (unpaired) electrons. The Morgan fingerprint density at radius 2 is 2.14 bits per heavy atom. The van der Waals surface area contributed by atoms with E-state index in [1.807, 2.05) is 0 Å². The smallest absolute Gasteiger partial charge is 0.337 e. The van der Waals surface area contributed by atoms with Gasteiger partial charge in [0, 0.05) is 16.3 Å². The summed E-state index contributed by atoms with van der Waals surface area (Å²) < 4.78 is 5.04. The van der Waals surface area contributed by atoms with Crippen LogP contribution in [0.25, 0.3) is 0 Å². The molecule has 1 heterocycles. The highest BCUT2D eigenvalue weighted by Gasteiger charge is 2.23. The molecule has 0 atom stereocenters. The Labute approximate surface area is 134 Å². The molecule has 1 aliphatic heterocycles. The molecule has 118 valence electrons. The van der Waals surface area contributed by atoms with Crippen LogP contribution >= 0.6 is 11.8 Å². The van der Waals surface area contributed by atoms with Crippen LogP contribution in [0.1, 0.15) is 18.1 Å². The molecule has 0 fully saturated rings. The molecule has 1 aromatic carbocycles. The Morgan fingerprint density at radius 1 is 1.36 bits per heavy atom. The summed E-state index contributed by atoms with van der Waals surface area (Å²) in [6.07, 6.45) is 0. The summed E-state index contributed by atoms with van der Waals surface area (Å²) >= 11 is 1.60. The summed E-state index contributed by atoms with van der Waals surface area (Å²) in [6.45, 7) is 6.38. The second kappa shape index (κ2) is 7.35. The molecule has 0 bridgehead atoms. The lowest BCUT2D eigenvalue weighted by molar-refractivity contribution is -0.138. The van der Waals surface area contributed by atoms with Gasteiger partial charge in [0.2, 0.25) is 0 Å². The Morgan fingerprint density at radius 3 is 2.82 bits per heavy atom. The third kappa shape index (κ3) is 4.04. The molecule has 0 unspecified atom stereocenters. The van der Waals surface area contributed by atoms with Crippen molar-refractivity contribution in [2.75, 3.05) is 18.9 Å². The molecule has 0 aliphatic carbocycles. The summed E-state index contributed by atoms with van der Waals surface area (Å²) in [6, 6.07) is 5.94. The van der Waals surface area contributed by atoms with Gasteiger partial charge in [-0.15, -0.1) is 11.8 Å². The average molecular weight is 320 g/mol. The van der Waals surface area contributed by atoms with Crippen molar-refractivity contribution in [3.8, 4) is 0 Å². The number of thioether (sulfide) groups is 1. The third-order valence-electron chi connectivity index (χ3n) is 3.28. The van der Waals surface area contributed by atoms with Crippen molar-refractivity contribution in [3.05, 3.63) is 40.6 Å². The summed E-state index contributed by atoms with van der Waals surface area (Å²) in [5.41, 5.74) is 3.50. The van der Waals surface area contributed by atoms with Crippen LogP contribution in [0, 0.1) is 13.8 Å². The molecule has 6 heteroatoms. The minimum Gasteiger partial charge on any atom is -0.463 e. The van der Waals surface area contributed by atoms with E-state index >= 15 is 0 Å². The van der Waals surface area contributed by atoms with Crippen molar-refractivity contribution in [2.45, 2.75) is 25.7 Å². The van der Waals surface area contributed by atoms with Gasteiger partial charge in [-0.05, 0) is 32.4 Å². The number of benzene rings is 1. The summed E-state index contributed by atoms with van der Waals surface area (Å²) in [5.74, 6) is 0.136. The van der Waals surface area contributed by atoms with Gasteiger partial charge in [0.1, 0.15) is 0 Å². The van der Waals surface area contributed by atoms with Gasteiger partial charge in [-0.3, -0.25) is 0 Å². The van der Waals surface area contributed by atoms with E-state index in [2.05, 4.69) is 42.7 Å². The SMILES string of the molecule is CCOC(=O)C1=C(CSc2ccc(C)cc2C)NC(=O)NC1. The van der Waals surface area contributed by atoms with E-state index in [9.17, 15) is 9.59 Å². The van der Waals surface area contributed by atoms with Crippen LogP contribution in [0.2, 0.25) is 0 Å². The van der Waals surface area contributed by atoms with Crippen LogP contribution in [-0.2, 0) is 9.53 Å². The van der Waals surface area contributed by atoms with Crippen LogP contribution in [0.3, 0.4) is 0 Å². The fourth-order valence-corrected chi connectivity index (χ4v) is 3.18. The van der Waals surface area contributed by atoms with Crippen LogP contribution in [-0.4, -0.2) is 30.9 Å². The number of hydrogen-bond acceptors (Lipinski definition) is 4. The Hall–Kier alpha value is -1.95. The maximum Gasteiger partial charge on any atom is 0.337 e. The first-order valence-corrected chi connectivity index (χ1v) is 8.14. The Bertz CT molecular complexity index is 626. The van der Waals surface area contributed by atoms with Crippen LogP contribution in [0.5, 0.6) is 0 Å². The van der Waals surface area contributed by atoms with Gasteiger partial charge in [-0.25, -0.2) is 9.59 Å². The molecule has 0 saturated carbocycles. The van der Waals surface area contributed by atoms with Crippen molar-refractivity contribution in [1.82, 2.24) is 10.6 Å². The molecule has 1 aromatic rings. The lowest BCUT2D eigenvalue weighted by atomic mass is 10.2. The first kappa shape index (κ1) is 16.4. The van der Waals surface area contributed by atoms with E-state index < -0.39 is 0 Å². The predicted molar refractivity (Wildman–Crippen MR) is 86.8 cm³/mol. The van der Waals surface area contributed by atoms with Gasteiger partial charge in [-0.2, -0.15) is 0 Å². The molecule has 0 spiro atoms. The molecule has 1 aliphatic rings. The maximum absolute atomic E-state index is 12.0. The van der Waals surface area contributed by atoms with E-state index in [0.29, 0.717) is 23.6 Å². The highest BCUT2D eigenvalue weighted by molar-refractivity contribution is 7.99. The molecule has 22 heavy (non-hydrogen) atoms. The van der Waals surface area contributed by atoms with Gasteiger partial charge in [0.05, 0.1) is 18.7 Å². The highest BCUT2D eigenvalue weighted by atomic mass is 32.2. The van der Waals surface area contributed by atoms with E-state index in [1.54, 1.807) is 18.7 Å². The maximum atomic E-state index is 12.0. The number of nitrogens with one attached hydrogen (secondary N) is 2. The van der Waals surface area contributed by atoms with Gasteiger partial charge in [-0.1, -0.05) is 17.7 Å². The normalized spacial score (nSPS) is 14.4. The lowest BCUT2D eigenvalue weighted by Gasteiger charge is -2.21. The number of ether oxygens (including phenoxy) is 1. The van der Waals surface area contributed by atoms with Crippen LogP contribution < -0.4 is 10.6 Å². The molecular weight excluding hydrogens is 300 g/mol. The first-order valence-electron chi connectivity index (χ1n) is 7.15. The standard InChI is InChI=1S/C16H20N2O3S/c1-4-21-15(19)12-8-17-16(20)18-13(12)9-22-14-6-5-10(2)7-11(14)3/h5-7H,4,8-9H2,1-3H3,(H2,17,18,20). The summed E-state index contributed by atoms with van der Waals surface area (Å²) in [7, 11) is 0. The minimum absolute atomic E-state index is 0.202. The number of amides is 2. The second-order valence-corrected chi connectivity index (χ2v) is 6.06. The average Bonchev–Trinajstić information content (AvgIpc) is 2.46. The number of urea groups is 1. The monoisotopic (exact) mass is 320 g/mol. The molecule has 0 aromatic heterocycles. The number of carbonyl (C=O) groups excluding carboxylic acids is 2. The number of aryl methyl sites for hydroxylation is 2. The highest BCUT2D eigenvalue weighted by Crippen LogP contribution is 2.26. The van der Waals surface area contributed by atoms with Gasteiger partial charge in [0.15, 0.2) is 0 Å². The molecule has 2 N–H and O–H groups in total. The fraction of sp³-hybridized carbons (Fsp3) is 0.375. The molecule has 2 amide bonds. The van der Waals surface area contributed by atoms with Gasteiger partial charge in [0.25, 0.3) is 0 Å². The molecule has 2 rings (SSSR count). The van der Waals surface area contributed by atoms with E-state index in [1.165, 1.54) is 11.1 Å². The van der Waals surface area contributed by atoms with E-state index in [4.69, 9.17) is 4.74 Å². The number of carbonyl (C=O) groups is 2. The Balaban J connectivity index is 2.15. The van der Waals surface area contributed by atoms with E-state index in [0.717, 1.165) is 4.90 Å². The van der Waals surface area contributed by atoms with Gasteiger partial charge >= 0.3 is 12.0 Å². The van der Waals surface area contributed by atoms with Crippen LogP contribution in [0.15, 0.2) is 34.4 Å². The zero-order chi connectivity index (χ0) is 16.1. The topological polar surface area (TPSA) is 67.4 Å². The quantitative estimate of drug-likeness (QED) is 0.646. The predicted octanol–water partition coefficient (Wildman–Crippen LogP) is 2.53. The zero-order valence-electron chi connectivity index (χ0n) is 13.0. The zero-order valence-corrected chi connectivity index (χ0v) is 13.8.